The van der Waals surface area contributed by atoms with E-state index in [0.717, 1.165) is 19.4 Å². The van der Waals surface area contributed by atoms with Gasteiger partial charge in [0.25, 0.3) is 0 Å². The van der Waals surface area contributed by atoms with Gasteiger partial charge in [-0.05, 0) is 59.2 Å². The van der Waals surface area contributed by atoms with Crippen molar-refractivity contribution in [3.8, 4) is 6.07 Å². The molecule has 0 aromatic carbocycles. The standard InChI is InChI=1S/C13H26N2/c1-5-9-15(10-6-2)11-7-8-13(3,4)12-14/h5-11H2,1-4H3. The third-order valence-electron chi connectivity index (χ3n) is 2.66. The Morgan fingerprint density at radius 1 is 1.07 bits per heavy atom. The number of nitriles is 1. The first-order valence-corrected chi connectivity index (χ1v) is 6.19. The molecule has 2 heteroatoms. The van der Waals surface area contributed by atoms with Crippen molar-refractivity contribution in [3.63, 3.8) is 0 Å². The lowest BCUT2D eigenvalue weighted by atomic mass is 9.90. The van der Waals surface area contributed by atoms with Crippen molar-refractivity contribution in [3.05, 3.63) is 0 Å². The van der Waals surface area contributed by atoms with Gasteiger partial charge in [0, 0.05) is 0 Å². The molecule has 0 spiro atoms. The Morgan fingerprint density at radius 2 is 1.60 bits per heavy atom. The van der Waals surface area contributed by atoms with E-state index in [9.17, 15) is 0 Å². The Morgan fingerprint density at radius 3 is 2.00 bits per heavy atom. The predicted octanol–water partition coefficient (Wildman–Crippen LogP) is 3.44. The molecule has 0 atom stereocenters. The molecule has 15 heavy (non-hydrogen) atoms. The Labute approximate surface area is 95.3 Å². The first-order valence-electron chi connectivity index (χ1n) is 6.19. The van der Waals surface area contributed by atoms with Gasteiger partial charge in [-0.25, -0.2) is 0 Å². The highest BCUT2D eigenvalue weighted by Crippen LogP contribution is 2.20. The molecule has 0 aliphatic heterocycles. The molecular formula is C13H26N2. The lowest BCUT2D eigenvalue weighted by Crippen LogP contribution is -2.27. The Balaban J connectivity index is 3.75. The van der Waals surface area contributed by atoms with Gasteiger partial charge in [0.05, 0.1) is 11.5 Å². The van der Waals surface area contributed by atoms with Crippen LogP contribution in [0.1, 0.15) is 53.4 Å². The Hall–Kier alpha value is -0.550. The summed E-state index contributed by atoms with van der Waals surface area (Å²) in [6.07, 6.45) is 4.59. The van der Waals surface area contributed by atoms with Crippen LogP contribution in [0.2, 0.25) is 0 Å². The fourth-order valence-electron chi connectivity index (χ4n) is 1.77. The van der Waals surface area contributed by atoms with Gasteiger partial charge in [-0.1, -0.05) is 13.8 Å². The van der Waals surface area contributed by atoms with Crippen LogP contribution >= 0.6 is 0 Å². The minimum absolute atomic E-state index is 0.149. The summed E-state index contributed by atoms with van der Waals surface area (Å²) in [5.74, 6) is 0. The van der Waals surface area contributed by atoms with Crippen molar-refractivity contribution in [2.45, 2.75) is 53.4 Å². The maximum absolute atomic E-state index is 8.90. The van der Waals surface area contributed by atoms with Crippen molar-refractivity contribution in [2.75, 3.05) is 19.6 Å². The first kappa shape index (κ1) is 14.5. The molecule has 0 aromatic rings. The molecule has 0 unspecified atom stereocenters. The zero-order valence-corrected chi connectivity index (χ0v) is 10.8. The normalized spacial score (nSPS) is 11.7. The van der Waals surface area contributed by atoms with E-state index in [1.54, 1.807) is 0 Å². The molecule has 88 valence electrons. The van der Waals surface area contributed by atoms with Crippen LogP contribution in [0.4, 0.5) is 0 Å². The summed E-state index contributed by atoms with van der Waals surface area (Å²) >= 11 is 0. The quantitative estimate of drug-likeness (QED) is 0.613. The van der Waals surface area contributed by atoms with E-state index in [0.29, 0.717) is 0 Å². The van der Waals surface area contributed by atoms with Gasteiger partial charge >= 0.3 is 0 Å². The molecule has 0 rings (SSSR count). The minimum atomic E-state index is -0.149. The smallest absolute Gasteiger partial charge is 0.0683 e. The van der Waals surface area contributed by atoms with Crippen molar-refractivity contribution < 1.29 is 0 Å². The third kappa shape index (κ3) is 7.39. The van der Waals surface area contributed by atoms with Crippen molar-refractivity contribution in [1.82, 2.24) is 4.90 Å². The average molecular weight is 210 g/mol. The van der Waals surface area contributed by atoms with Gasteiger partial charge in [-0.2, -0.15) is 5.26 Å². The van der Waals surface area contributed by atoms with Crippen LogP contribution in [0.3, 0.4) is 0 Å². The summed E-state index contributed by atoms with van der Waals surface area (Å²) in [6, 6.07) is 2.36. The van der Waals surface area contributed by atoms with E-state index in [2.05, 4.69) is 24.8 Å². The molecule has 0 aliphatic rings. The SMILES string of the molecule is CCCN(CCC)CCCC(C)(C)C#N. The number of hydrogen-bond acceptors (Lipinski definition) is 2. The summed E-state index contributed by atoms with van der Waals surface area (Å²) in [5, 5.41) is 8.90. The van der Waals surface area contributed by atoms with Crippen LogP contribution in [-0.4, -0.2) is 24.5 Å². The van der Waals surface area contributed by atoms with Crippen LogP contribution in [-0.2, 0) is 0 Å². The van der Waals surface area contributed by atoms with E-state index in [-0.39, 0.29) is 5.41 Å². The molecule has 0 aromatic heterocycles. The second kappa shape index (κ2) is 7.70. The van der Waals surface area contributed by atoms with E-state index < -0.39 is 0 Å². The summed E-state index contributed by atoms with van der Waals surface area (Å²) in [7, 11) is 0. The van der Waals surface area contributed by atoms with Crippen molar-refractivity contribution >= 4 is 0 Å². The van der Waals surface area contributed by atoms with Gasteiger partial charge in [-0.15, -0.1) is 0 Å². The monoisotopic (exact) mass is 210 g/mol. The highest BCUT2D eigenvalue weighted by Gasteiger charge is 2.16. The van der Waals surface area contributed by atoms with E-state index in [4.69, 9.17) is 5.26 Å². The van der Waals surface area contributed by atoms with Gasteiger partial charge in [0.1, 0.15) is 0 Å². The van der Waals surface area contributed by atoms with Crippen LogP contribution in [0.5, 0.6) is 0 Å². The van der Waals surface area contributed by atoms with Crippen LogP contribution < -0.4 is 0 Å². The second-order valence-corrected chi connectivity index (χ2v) is 4.94. The van der Waals surface area contributed by atoms with Crippen LogP contribution in [0, 0.1) is 16.7 Å². The molecule has 2 nitrogen and oxygen atoms in total. The van der Waals surface area contributed by atoms with Gasteiger partial charge in [-0.3, -0.25) is 0 Å². The molecule has 0 radical (unpaired) electrons. The maximum atomic E-state index is 8.90. The summed E-state index contributed by atoms with van der Waals surface area (Å²) in [5.41, 5.74) is -0.149. The number of hydrogen-bond donors (Lipinski definition) is 0. The molecule has 0 aliphatic carbocycles. The van der Waals surface area contributed by atoms with Crippen LogP contribution in [0.15, 0.2) is 0 Å². The molecule has 0 saturated heterocycles. The lowest BCUT2D eigenvalue weighted by Gasteiger charge is -2.22. The van der Waals surface area contributed by atoms with Gasteiger partial charge < -0.3 is 4.90 Å². The molecule has 0 fully saturated rings. The lowest BCUT2D eigenvalue weighted by molar-refractivity contribution is 0.256. The predicted molar refractivity (Wildman–Crippen MR) is 65.7 cm³/mol. The van der Waals surface area contributed by atoms with Gasteiger partial charge in [0.15, 0.2) is 0 Å². The van der Waals surface area contributed by atoms with E-state index in [1.807, 2.05) is 13.8 Å². The Kier molecular flexibility index (Phi) is 7.42. The maximum Gasteiger partial charge on any atom is 0.0683 e. The zero-order chi connectivity index (χ0) is 11.7. The topological polar surface area (TPSA) is 27.0 Å². The molecule has 0 amide bonds. The number of rotatable bonds is 8. The fourth-order valence-corrected chi connectivity index (χ4v) is 1.77. The Bertz CT molecular complexity index is 185. The molecule has 0 heterocycles. The summed E-state index contributed by atoms with van der Waals surface area (Å²) < 4.78 is 0. The highest BCUT2D eigenvalue weighted by atomic mass is 15.1. The molecule has 0 saturated carbocycles. The van der Waals surface area contributed by atoms with Gasteiger partial charge in [0.2, 0.25) is 0 Å². The summed E-state index contributed by atoms with van der Waals surface area (Å²) in [4.78, 5) is 2.51. The van der Waals surface area contributed by atoms with Crippen molar-refractivity contribution in [2.24, 2.45) is 5.41 Å². The first-order chi connectivity index (χ1) is 7.05. The van der Waals surface area contributed by atoms with Crippen LogP contribution in [0.25, 0.3) is 0 Å². The highest BCUT2D eigenvalue weighted by molar-refractivity contribution is 4.91. The third-order valence-corrected chi connectivity index (χ3v) is 2.66. The van der Waals surface area contributed by atoms with E-state index in [1.165, 1.54) is 25.9 Å². The largest absolute Gasteiger partial charge is 0.303 e. The molecule has 0 bridgehead atoms. The molecule has 0 N–H and O–H groups in total. The number of nitrogens with zero attached hydrogens (tertiary/aromatic N) is 2. The fraction of sp³-hybridized carbons (Fsp3) is 0.923. The second-order valence-electron chi connectivity index (χ2n) is 4.94. The zero-order valence-electron chi connectivity index (χ0n) is 10.8. The van der Waals surface area contributed by atoms with Crippen molar-refractivity contribution in [1.29, 1.82) is 5.26 Å². The summed E-state index contributed by atoms with van der Waals surface area (Å²) in [6.45, 7) is 12.0. The van der Waals surface area contributed by atoms with E-state index >= 15 is 0 Å². The minimum Gasteiger partial charge on any atom is -0.303 e. The molecular weight excluding hydrogens is 184 g/mol. The average Bonchev–Trinajstić information content (AvgIpc) is 2.18.